The summed E-state index contributed by atoms with van der Waals surface area (Å²) < 4.78 is 8.60. The average molecular weight is 578 g/mol. The van der Waals surface area contributed by atoms with E-state index >= 15 is 0 Å². The molecule has 0 radical (unpaired) electrons. The van der Waals surface area contributed by atoms with Crippen LogP contribution in [0.15, 0.2) is 168 Å². The molecule has 0 fully saturated rings. The molecule has 0 aliphatic rings. The molecule has 0 saturated carbocycles. The summed E-state index contributed by atoms with van der Waals surface area (Å²) >= 11 is 0. The number of fused-ring (bicyclic) bond motifs is 6. The van der Waals surface area contributed by atoms with E-state index in [4.69, 9.17) is 9.40 Å². The number of hydrogen-bond donors (Lipinski definition) is 0. The molecule has 6 aromatic carbocycles. The zero-order valence-corrected chi connectivity index (χ0v) is 24.3. The van der Waals surface area contributed by atoms with Crippen LogP contribution in [-0.4, -0.2) is 9.55 Å². The lowest BCUT2D eigenvalue weighted by atomic mass is 10.0. The molecule has 4 heteroatoms. The standard InChI is InChI=1S/C41H27N3O/c1-2-12-29(13-3-1)43(31-26-40-41(42-27-31)35-17-7-11-21-39(35)45-40)36-18-8-4-14-32(36)28-22-24-30(25-23-28)44-37-19-9-5-15-33(37)34-16-6-10-20-38(34)44/h1-27H. The number of anilines is 3. The van der Waals surface area contributed by atoms with Crippen LogP contribution in [0.5, 0.6) is 0 Å². The van der Waals surface area contributed by atoms with Crippen molar-refractivity contribution in [3.8, 4) is 16.8 Å². The van der Waals surface area contributed by atoms with Crippen molar-refractivity contribution in [3.05, 3.63) is 164 Å². The number of nitrogens with zero attached hydrogens (tertiary/aromatic N) is 3. The number of furan rings is 1. The van der Waals surface area contributed by atoms with Gasteiger partial charge in [0.25, 0.3) is 0 Å². The number of pyridine rings is 1. The Morgan fingerprint density at radius 2 is 1.13 bits per heavy atom. The van der Waals surface area contributed by atoms with Gasteiger partial charge in [0.2, 0.25) is 0 Å². The van der Waals surface area contributed by atoms with Gasteiger partial charge in [0.1, 0.15) is 11.1 Å². The highest BCUT2D eigenvalue weighted by Gasteiger charge is 2.19. The summed E-state index contributed by atoms with van der Waals surface area (Å²) in [6, 6.07) is 55.3. The van der Waals surface area contributed by atoms with Gasteiger partial charge < -0.3 is 13.9 Å². The summed E-state index contributed by atoms with van der Waals surface area (Å²) in [7, 11) is 0. The fourth-order valence-corrected chi connectivity index (χ4v) is 6.61. The lowest BCUT2D eigenvalue weighted by Crippen LogP contribution is -2.11. The second kappa shape index (κ2) is 10.2. The molecule has 9 aromatic rings. The van der Waals surface area contributed by atoms with Crippen molar-refractivity contribution in [2.45, 2.75) is 0 Å². The second-order valence-corrected chi connectivity index (χ2v) is 11.2. The smallest absolute Gasteiger partial charge is 0.155 e. The van der Waals surface area contributed by atoms with E-state index in [1.54, 1.807) is 0 Å². The third kappa shape index (κ3) is 4.11. The quantitative estimate of drug-likeness (QED) is 0.204. The molecule has 212 valence electrons. The number of para-hydroxylation sites is 5. The molecule has 0 unspecified atom stereocenters. The highest BCUT2D eigenvalue weighted by molar-refractivity contribution is 6.09. The minimum atomic E-state index is 0.766. The highest BCUT2D eigenvalue weighted by atomic mass is 16.3. The number of rotatable bonds is 5. The fraction of sp³-hybridized carbons (Fsp3) is 0. The van der Waals surface area contributed by atoms with Crippen LogP contribution in [0.4, 0.5) is 17.1 Å². The number of benzene rings is 6. The summed E-state index contributed by atoms with van der Waals surface area (Å²) in [5.41, 5.74) is 11.3. The van der Waals surface area contributed by atoms with Gasteiger partial charge in [-0.2, -0.15) is 0 Å². The molecular formula is C41H27N3O. The van der Waals surface area contributed by atoms with E-state index in [1.165, 1.54) is 21.8 Å². The van der Waals surface area contributed by atoms with E-state index in [0.29, 0.717) is 0 Å². The predicted octanol–water partition coefficient (Wildman–Crippen LogP) is 11.2. The van der Waals surface area contributed by atoms with Crippen LogP contribution in [0.2, 0.25) is 0 Å². The predicted molar refractivity (Wildman–Crippen MR) is 186 cm³/mol. The van der Waals surface area contributed by atoms with Gasteiger partial charge >= 0.3 is 0 Å². The van der Waals surface area contributed by atoms with Crippen LogP contribution in [-0.2, 0) is 0 Å². The van der Waals surface area contributed by atoms with E-state index in [9.17, 15) is 0 Å². The topological polar surface area (TPSA) is 34.2 Å². The zero-order chi connectivity index (χ0) is 29.7. The van der Waals surface area contributed by atoms with Crippen molar-refractivity contribution in [1.82, 2.24) is 9.55 Å². The van der Waals surface area contributed by atoms with E-state index in [0.717, 1.165) is 55.9 Å². The normalized spacial score (nSPS) is 11.6. The summed E-state index contributed by atoms with van der Waals surface area (Å²) in [6.07, 6.45) is 1.94. The maximum Gasteiger partial charge on any atom is 0.155 e. The van der Waals surface area contributed by atoms with Crippen molar-refractivity contribution in [2.24, 2.45) is 0 Å². The van der Waals surface area contributed by atoms with Gasteiger partial charge in [-0.25, -0.2) is 4.98 Å². The molecule has 3 aromatic heterocycles. The van der Waals surface area contributed by atoms with Gasteiger partial charge in [0, 0.05) is 39.2 Å². The minimum Gasteiger partial charge on any atom is -0.454 e. The molecule has 0 saturated heterocycles. The molecule has 45 heavy (non-hydrogen) atoms. The lowest BCUT2D eigenvalue weighted by Gasteiger charge is -2.27. The van der Waals surface area contributed by atoms with E-state index in [1.807, 2.05) is 30.5 Å². The Hall–Kier alpha value is -6.13. The monoisotopic (exact) mass is 577 g/mol. The Bertz CT molecular complexity index is 2440. The van der Waals surface area contributed by atoms with Crippen molar-refractivity contribution in [1.29, 1.82) is 0 Å². The SMILES string of the molecule is c1ccc(N(c2cnc3c(c2)oc2ccccc23)c2ccccc2-c2ccc(-n3c4ccccc4c4ccccc43)cc2)cc1. The summed E-state index contributed by atoms with van der Waals surface area (Å²) in [5, 5.41) is 3.54. The maximum atomic E-state index is 6.25. The maximum absolute atomic E-state index is 6.25. The fourth-order valence-electron chi connectivity index (χ4n) is 6.61. The Balaban J connectivity index is 1.18. The highest BCUT2D eigenvalue weighted by Crippen LogP contribution is 2.42. The molecular weight excluding hydrogens is 550 g/mol. The molecule has 0 aliphatic carbocycles. The molecule has 9 rings (SSSR count). The average Bonchev–Trinajstić information content (AvgIpc) is 3.65. The Morgan fingerprint density at radius 3 is 1.89 bits per heavy atom. The van der Waals surface area contributed by atoms with Gasteiger partial charge in [-0.05, 0) is 60.2 Å². The van der Waals surface area contributed by atoms with Gasteiger partial charge in [-0.15, -0.1) is 0 Å². The van der Waals surface area contributed by atoms with Gasteiger partial charge in [-0.1, -0.05) is 97.1 Å². The number of hydrogen-bond acceptors (Lipinski definition) is 3. The Kier molecular flexibility index (Phi) is 5.78. The third-order valence-electron chi connectivity index (χ3n) is 8.63. The second-order valence-electron chi connectivity index (χ2n) is 11.2. The molecule has 0 aliphatic heterocycles. The van der Waals surface area contributed by atoms with Gasteiger partial charge in [0.15, 0.2) is 5.58 Å². The minimum absolute atomic E-state index is 0.766. The molecule has 0 N–H and O–H groups in total. The first-order chi connectivity index (χ1) is 22.3. The molecule has 0 amide bonds. The van der Waals surface area contributed by atoms with Crippen molar-refractivity contribution in [3.63, 3.8) is 0 Å². The molecule has 0 bridgehead atoms. The molecule has 3 heterocycles. The lowest BCUT2D eigenvalue weighted by molar-refractivity contribution is 0.668. The summed E-state index contributed by atoms with van der Waals surface area (Å²) in [6.45, 7) is 0. The zero-order valence-electron chi connectivity index (χ0n) is 24.3. The summed E-state index contributed by atoms with van der Waals surface area (Å²) in [4.78, 5) is 7.15. The van der Waals surface area contributed by atoms with Crippen molar-refractivity contribution < 1.29 is 4.42 Å². The molecule has 4 nitrogen and oxygen atoms in total. The number of aromatic nitrogens is 2. The van der Waals surface area contributed by atoms with E-state index < -0.39 is 0 Å². The van der Waals surface area contributed by atoms with Crippen LogP contribution in [0.1, 0.15) is 0 Å². The van der Waals surface area contributed by atoms with Crippen LogP contribution in [0, 0.1) is 0 Å². The van der Waals surface area contributed by atoms with Crippen molar-refractivity contribution >= 4 is 60.9 Å². The third-order valence-corrected chi connectivity index (χ3v) is 8.63. The van der Waals surface area contributed by atoms with Crippen LogP contribution < -0.4 is 4.90 Å². The van der Waals surface area contributed by atoms with E-state index in [-0.39, 0.29) is 0 Å². The Morgan fingerprint density at radius 1 is 0.511 bits per heavy atom. The molecule has 0 atom stereocenters. The van der Waals surface area contributed by atoms with E-state index in [2.05, 4.69) is 143 Å². The van der Waals surface area contributed by atoms with Crippen molar-refractivity contribution in [2.75, 3.05) is 4.90 Å². The first-order valence-corrected chi connectivity index (χ1v) is 15.1. The van der Waals surface area contributed by atoms with Crippen LogP contribution >= 0.6 is 0 Å². The van der Waals surface area contributed by atoms with Gasteiger partial charge in [-0.3, -0.25) is 0 Å². The first kappa shape index (κ1) is 25.4. The molecule has 0 spiro atoms. The summed E-state index contributed by atoms with van der Waals surface area (Å²) in [5.74, 6) is 0. The van der Waals surface area contributed by atoms with Gasteiger partial charge in [0.05, 0.1) is 28.6 Å². The first-order valence-electron chi connectivity index (χ1n) is 15.1. The largest absolute Gasteiger partial charge is 0.454 e. The van der Waals surface area contributed by atoms with Crippen LogP contribution in [0.25, 0.3) is 60.7 Å². The van der Waals surface area contributed by atoms with Crippen LogP contribution in [0.3, 0.4) is 0 Å². The Labute approximate surface area is 260 Å².